The lowest BCUT2D eigenvalue weighted by atomic mass is 10.0. The van der Waals surface area contributed by atoms with E-state index in [1.807, 2.05) is 69.5 Å². The summed E-state index contributed by atoms with van der Waals surface area (Å²) < 4.78 is 13.8. The molecule has 2 aromatic heterocycles. The first kappa shape index (κ1) is 28.8. The summed E-state index contributed by atoms with van der Waals surface area (Å²) in [6.07, 6.45) is 2.45. The Balaban J connectivity index is 1.62. The maximum Gasteiger partial charge on any atom is 0.354 e. The number of pyridine rings is 1. The van der Waals surface area contributed by atoms with Crippen molar-refractivity contribution in [3.63, 3.8) is 0 Å². The van der Waals surface area contributed by atoms with Crippen molar-refractivity contribution in [1.82, 2.24) is 14.5 Å². The molecule has 0 aliphatic heterocycles. The minimum atomic E-state index is -1.06. The highest BCUT2D eigenvalue weighted by Crippen LogP contribution is 2.27. The van der Waals surface area contributed by atoms with Gasteiger partial charge in [0.15, 0.2) is 11.3 Å². The Kier molecular flexibility index (Phi) is 8.57. The van der Waals surface area contributed by atoms with E-state index < -0.39 is 11.6 Å². The van der Waals surface area contributed by atoms with E-state index in [1.54, 1.807) is 12.1 Å². The van der Waals surface area contributed by atoms with Gasteiger partial charge >= 0.3 is 11.9 Å². The van der Waals surface area contributed by atoms with Crippen molar-refractivity contribution >= 4 is 23.1 Å². The van der Waals surface area contributed by atoms with Gasteiger partial charge in [-0.25, -0.2) is 19.6 Å². The number of carboxylic acid groups (broad SMARTS) is 1. The van der Waals surface area contributed by atoms with Gasteiger partial charge in [-0.3, -0.25) is 0 Å². The third-order valence-corrected chi connectivity index (χ3v) is 6.51. The van der Waals surface area contributed by atoms with E-state index in [0.29, 0.717) is 24.2 Å². The van der Waals surface area contributed by atoms with E-state index in [1.165, 1.54) is 0 Å². The van der Waals surface area contributed by atoms with Crippen LogP contribution in [0.1, 0.15) is 90.0 Å². The molecule has 2 aromatic carbocycles. The molecule has 2 heterocycles. The fourth-order valence-electron chi connectivity index (χ4n) is 4.69. The Labute approximate surface area is 235 Å². The normalized spacial score (nSPS) is 11.6. The molecule has 4 rings (SSSR count). The zero-order valence-corrected chi connectivity index (χ0v) is 24.1. The van der Waals surface area contributed by atoms with Gasteiger partial charge < -0.3 is 19.1 Å². The number of esters is 1. The largest absolute Gasteiger partial charge is 0.489 e. The van der Waals surface area contributed by atoms with Gasteiger partial charge in [0.2, 0.25) is 0 Å². The molecule has 4 aromatic rings. The predicted octanol–water partition coefficient (Wildman–Crippen LogP) is 6.54. The number of carbonyl (C=O) groups excluding carboxylic acids is 1. The third-order valence-electron chi connectivity index (χ3n) is 6.51. The number of aromatic nitrogens is 3. The third kappa shape index (κ3) is 6.50. The second-order valence-electron chi connectivity index (χ2n) is 10.9. The van der Waals surface area contributed by atoms with Crippen molar-refractivity contribution in [2.75, 3.05) is 0 Å². The van der Waals surface area contributed by atoms with Gasteiger partial charge in [-0.15, -0.1) is 0 Å². The molecule has 40 heavy (non-hydrogen) atoms. The zero-order chi connectivity index (χ0) is 29.0. The van der Waals surface area contributed by atoms with Gasteiger partial charge in [0.25, 0.3) is 0 Å². The maximum atomic E-state index is 12.8. The number of nitrogens with zero attached hydrogens (tertiary/aromatic N) is 3. The molecule has 0 radical (unpaired) electrons. The molecule has 0 saturated heterocycles. The number of imidazole rings is 1. The first-order valence-electron chi connectivity index (χ1n) is 13.7. The minimum absolute atomic E-state index is 0.0101. The van der Waals surface area contributed by atoms with Crippen LogP contribution in [0.3, 0.4) is 0 Å². The topological polar surface area (TPSA) is 104 Å². The predicted molar refractivity (Wildman–Crippen MR) is 154 cm³/mol. The van der Waals surface area contributed by atoms with Crippen LogP contribution in [0.4, 0.5) is 0 Å². The molecule has 0 spiro atoms. The van der Waals surface area contributed by atoms with Crippen molar-refractivity contribution in [3.05, 3.63) is 87.9 Å². The van der Waals surface area contributed by atoms with E-state index in [-0.39, 0.29) is 18.3 Å². The first-order valence-corrected chi connectivity index (χ1v) is 13.7. The number of rotatable bonds is 10. The molecule has 8 nitrogen and oxygen atoms in total. The van der Waals surface area contributed by atoms with Crippen LogP contribution in [-0.2, 0) is 30.7 Å². The Hall–Kier alpha value is -4.20. The van der Waals surface area contributed by atoms with E-state index >= 15 is 0 Å². The van der Waals surface area contributed by atoms with Gasteiger partial charge in [-0.05, 0) is 69.0 Å². The summed E-state index contributed by atoms with van der Waals surface area (Å²) in [4.78, 5) is 33.6. The lowest BCUT2D eigenvalue weighted by Crippen LogP contribution is -2.24. The molecule has 0 saturated carbocycles. The van der Waals surface area contributed by atoms with Crippen LogP contribution in [-0.4, -0.2) is 37.2 Å². The van der Waals surface area contributed by atoms with Crippen LogP contribution >= 0.6 is 0 Å². The second kappa shape index (κ2) is 11.9. The fourth-order valence-corrected chi connectivity index (χ4v) is 4.69. The first-order chi connectivity index (χ1) is 19.0. The van der Waals surface area contributed by atoms with Crippen LogP contribution in [0.15, 0.2) is 48.5 Å². The summed E-state index contributed by atoms with van der Waals surface area (Å²) in [5.74, 6) is 0.183. The molecule has 0 unspecified atom stereocenters. The quantitative estimate of drug-likeness (QED) is 0.227. The van der Waals surface area contributed by atoms with Gasteiger partial charge in [0, 0.05) is 12.0 Å². The van der Waals surface area contributed by atoms with Crippen LogP contribution < -0.4 is 4.74 Å². The number of ether oxygens (including phenoxy) is 2. The van der Waals surface area contributed by atoms with Gasteiger partial charge in [-0.2, -0.15) is 0 Å². The van der Waals surface area contributed by atoms with Crippen molar-refractivity contribution < 1.29 is 24.2 Å². The SMILES string of the molecule is CCCc1cc(Cn2c(CC)nc3c(C)cc(C(=O)O)nc32)ccc1OCc1ccccc1C(=O)OC(C)(C)C. The van der Waals surface area contributed by atoms with Crippen molar-refractivity contribution in [2.45, 2.75) is 79.6 Å². The lowest BCUT2D eigenvalue weighted by Gasteiger charge is -2.21. The number of aryl methyl sites for hydroxylation is 3. The number of aromatic carboxylic acids is 1. The van der Waals surface area contributed by atoms with E-state index in [0.717, 1.165) is 52.2 Å². The van der Waals surface area contributed by atoms with Crippen LogP contribution in [0.25, 0.3) is 11.2 Å². The highest BCUT2D eigenvalue weighted by atomic mass is 16.6. The zero-order valence-electron chi connectivity index (χ0n) is 24.1. The van der Waals surface area contributed by atoms with Crippen molar-refractivity contribution in [3.8, 4) is 5.75 Å². The molecule has 1 N–H and O–H groups in total. The Morgan fingerprint density at radius 3 is 2.42 bits per heavy atom. The summed E-state index contributed by atoms with van der Waals surface area (Å²) in [7, 11) is 0. The van der Waals surface area contributed by atoms with Gasteiger partial charge in [0.1, 0.15) is 29.3 Å². The summed E-state index contributed by atoms with van der Waals surface area (Å²) in [6.45, 7) is 12.3. The van der Waals surface area contributed by atoms with Crippen LogP contribution in [0.2, 0.25) is 0 Å². The van der Waals surface area contributed by atoms with Gasteiger partial charge in [-0.1, -0.05) is 50.6 Å². The molecule has 0 bridgehead atoms. The van der Waals surface area contributed by atoms with Gasteiger partial charge in [0.05, 0.1) is 12.1 Å². The van der Waals surface area contributed by atoms with Crippen LogP contribution in [0, 0.1) is 6.92 Å². The molecule has 0 aliphatic carbocycles. The molecule has 0 atom stereocenters. The van der Waals surface area contributed by atoms with Crippen LogP contribution in [0.5, 0.6) is 5.75 Å². The maximum absolute atomic E-state index is 12.8. The highest BCUT2D eigenvalue weighted by molar-refractivity contribution is 5.91. The van der Waals surface area contributed by atoms with E-state index in [9.17, 15) is 14.7 Å². The van der Waals surface area contributed by atoms with E-state index in [4.69, 9.17) is 14.5 Å². The Morgan fingerprint density at radius 2 is 1.75 bits per heavy atom. The minimum Gasteiger partial charge on any atom is -0.489 e. The summed E-state index contributed by atoms with van der Waals surface area (Å²) in [6, 6.07) is 15.0. The summed E-state index contributed by atoms with van der Waals surface area (Å²) in [5.41, 5.74) is 4.87. The molecule has 210 valence electrons. The lowest BCUT2D eigenvalue weighted by molar-refractivity contribution is 0.00667. The summed E-state index contributed by atoms with van der Waals surface area (Å²) >= 11 is 0. The monoisotopic (exact) mass is 543 g/mol. The van der Waals surface area contributed by atoms with Crippen molar-refractivity contribution in [1.29, 1.82) is 0 Å². The molecule has 0 fully saturated rings. The molecular weight excluding hydrogens is 506 g/mol. The number of carbonyl (C=O) groups is 2. The number of fused-ring (bicyclic) bond motifs is 1. The number of carboxylic acids is 1. The average Bonchev–Trinajstić information content (AvgIpc) is 3.25. The van der Waals surface area contributed by atoms with Crippen molar-refractivity contribution in [2.24, 2.45) is 0 Å². The Bertz CT molecular complexity index is 1550. The summed E-state index contributed by atoms with van der Waals surface area (Å²) in [5, 5.41) is 9.54. The molecule has 0 amide bonds. The number of benzene rings is 2. The van der Waals surface area contributed by atoms with E-state index in [2.05, 4.69) is 18.0 Å². The molecule has 8 heteroatoms. The molecular formula is C32H37N3O5. The Morgan fingerprint density at radius 1 is 1.00 bits per heavy atom. The highest BCUT2D eigenvalue weighted by Gasteiger charge is 2.21. The second-order valence-corrected chi connectivity index (χ2v) is 10.9. The smallest absolute Gasteiger partial charge is 0.354 e. The molecule has 0 aliphatic rings. The standard InChI is InChI=1S/C32H37N3O5/c1-7-11-22-17-21(18-35-27(8-2)34-28-20(3)16-25(30(36)37)33-29(28)35)14-15-26(22)39-19-23-12-9-10-13-24(23)31(38)40-32(4,5)6/h9-10,12-17H,7-8,11,18-19H2,1-6H3,(H,36,37). The fraction of sp³-hybridized carbons (Fsp3) is 0.375. The average molecular weight is 544 g/mol. The number of hydrogen-bond donors (Lipinski definition) is 1. The number of hydrogen-bond acceptors (Lipinski definition) is 6.